The highest BCUT2D eigenvalue weighted by atomic mass is 32.2. The first-order chi connectivity index (χ1) is 11.5. The molecule has 1 saturated heterocycles. The Hall–Kier alpha value is -2.19. The van der Waals surface area contributed by atoms with Gasteiger partial charge < -0.3 is 9.73 Å². The fourth-order valence-corrected chi connectivity index (χ4v) is 4.34. The number of rotatable bonds is 4. The maximum Gasteiger partial charge on any atom is 0.278 e. The minimum absolute atomic E-state index is 0.239. The Bertz CT molecular complexity index is 817. The Labute approximate surface area is 140 Å². The third kappa shape index (κ3) is 3.07. The van der Waals surface area contributed by atoms with Gasteiger partial charge in [-0.05, 0) is 25.0 Å². The van der Waals surface area contributed by atoms with E-state index in [1.807, 2.05) is 18.2 Å². The van der Waals surface area contributed by atoms with Crippen LogP contribution in [0.3, 0.4) is 0 Å². The van der Waals surface area contributed by atoms with Crippen molar-refractivity contribution in [3.8, 4) is 11.5 Å². The van der Waals surface area contributed by atoms with E-state index in [-0.39, 0.29) is 16.9 Å². The van der Waals surface area contributed by atoms with Crippen molar-refractivity contribution in [2.45, 2.75) is 30.4 Å². The number of oxazole rings is 1. The number of amides is 1. The summed E-state index contributed by atoms with van der Waals surface area (Å²) in [6.07, 6.45) is 3.23. The van der Waals surface area contributed by atoms with Gasteiger partial charge in [0.05, 0.1) is 6.20 Å². The van der Waals surface area contributed by atoms with E-state index in [4.69, 9.17) is 4.42 Å². The Morgan fingerprint density at radius 1 is 1.29 bits per heavy atom. The standard InChI is InChI=1S/C16H19N3O4S/c1-17-15(20)13-9-5-6-10-19(13)24(21,22)14-11-18-16(23-14)12-7-3-2-4-8-12/h2-4,7-8,11,13H,5-6,9-10H2,1H3,(H,17,20). The lowest BCUT2D eigenvalue weighted by atomic mass is 10.0. The van der Waals surface area contributed by atoms with Gasteiger partial charge in [-0.2, -0.15) is 4.31 Å². The first kappa shape index (κ1) is 16.7. The fourth-order valence-electron chi connectivity index (χ4n) is 2.83. The summed E-state index contributed by atoms with van der Waals surface area (Å²) in [6.45, 7) is 0.293. The minimum atomic E-state index is -3.91. The Kier molecular flexibility index (Phi) is 4.68. The van der Waals surface area contributed by atoms with E-state index in [0.29, 0.717) is 24.9 Å². The van der Waals surface area contributed by atoms with Gasteiger partial charge in [-0.25, -0.2) is 13.4 Å². The number of nitrogens with one attached hydrogen (secondary N) is 1. The van der Waals surface area contributed by atoms with Crippen molar-refractivity contribution in [1.29, 1.82) is 0 Å². The molecule has 0 aliphatic carbocycles. The second-order valence-corrected chi connectivity index (χ2v) is 7.41. The molecule has 1 N–H and O–H groups in total. The summed E-state index contributed by atoms with van der Waals surface area (Å²) in [5.41, 5.74) is 0.695. The Morgan fingerprint density at radius 2 is 2.04 bits per heavy atom. The number of benzene rings is 1. The van der Waals surface area contributed by atoms with Crippen molar-refractivity contribution >= 4 is 15.9 Å². The molecule has 24 heavy (non-hydrogen) atoms. The average molecular weight is 349 g/mol. The fraction of sp³-hybridized carbons (Fsp3) is 0.375. The maximum atomic E-state index is 12.9. The number of nitrogens with zero attached hydrogens (tertiary/aromatic N) is 2. The van der Waals surface area contributed by atoms with Gasteiger partial charge in [0, 0.05) is 19.2 Å². The van der Waals surface area contributed by atoms with Crippen LogP contribution in [0.4, 0.5) is 0 Å². The molecule has 3 rings (SSSR count). The van der Waals surface area contributed by atoms with Crippen LogP contribution in [0.25, 0.3) is 11.5 Å². The molecule has 128 valence electrons. The lowest BCUT2D eigenvalue weighted by Gasteiger charge is -2.32. The summed E-state index contributed by atoms with van der Waals surface area (Å²) in [5, 5.41) is 2.29. The van der Waals surface area contributed by atoms with Gasteiger partial charge in [-0.3, -0.25) is 4.79 Å². The molecule has 0 bridgehead atoms. The molecule has 0 saturated carbocycles. The minimum Gasteiger partial charge on any atom is -0.423 e. The van der Waals surface area contributed by atoms with E-state index in [0.717, 1.165) is 6.42 Å². The van der Waals surface area contributed by atoms with Crippen LogP contribution < -0.4 is 5.32 Å². The molecule has 1 atom stereocenters. The average Bonchev–Trinajstić information content (AvgIpc) is 3.13. The number of sulfonamides is 1. The molecule has 2 aromatic rings. The molecular formula is C16H19N3O4S. The van der Waals surface area contributed by atoms with Crippen molar-refractivity contribution in [3.05, 3.63) is 36.5 Å². The van der Waals surface area contributed by atoms with Gasteiger partial charge in [0.2, 0.25) is 11.8 Å². The van der Waals surface area contributed by atoms with Crippen LogP contribution in [0, 0.1) is 0 Å². The zero-order valence-electron chi connectivity index (χ0n) is 13.3. The predicted octanol–water partition coefficient (Wildman–Crippen LogP) is 1.63. The van der Waals surface area contributed by atoms with Gasteiger partial charge in [0.1, 0.15) is 6.04 Å². The van der Waals surface area contributed by atoms with Crippen molar-refractivity contribution < 1.29 is 17.6 Å². The number of hydrogen-bond donors (Lipinski definition) is 1. The van der Waals surface area contributed by atoms with E-state index < -0.39 is 16.1 Å². The molecular weight excluding hydrogens is 330 g/mol. The second kappa shape index (κ2) is 6.74. The molecule has 1 aromatic heterocycles. The van der Waals surface area contributed by atoms with Gasteiger partial charge >= 0.3 is 0 Å². The highest BCUT2D eigenvalue weighted by molar-refractivity contribution is 7.89. The molecule has 1 amide bonds. The van der Waals surface area contributed by atoms with Crippen LogP contribution in [0.2, 0.25) is 0 Å². The zero-order chi connectivity index (χ0) is 17.2. The summed E-state index contributed by atoms with van der Waals surface area (Å²) in [6, 6.07) is 8.36. The number of carbonyl (C=O) groups is 1. The van der Waals surface area contributed by atoms with E-state index >= 15 is 0 Å². The second-order valence-electron chi connectivity index (χ2n) is 5.59. The molecule has 1 aliphatic heterocycles. The number of likely N-dealkylation sites (N-methyl/N-ethyl adjacent to an activating group) is 1. The highest BCUT2D eigenvalue weighted by Crippen LogP contribution is 2.28. The monoisotopic (exact) mass is 349 g/mol. The molecule has 1 aliphatic rings. The summed E-state index contributed by atoms with van der Waals surface area (Å²) in [7, 11) is -2.41. The maximum absolute atomic E-state index is 12.9. The normalized spacial score (nSPS) is 19.1. The zero-order valence-corrected chi connectivity index (χ0v) is 14.1. The van der Waals surface area contributed by atoms with Crippen LogP contribution in [-0.4, -0.2) is 43.2 Å². The summed E-state index contributed by atoms with van der Waals surface area (Å²) in [4.78, 5) is 16.1. The van der Waals surface area contributed by atoms with Crippen molar-refractivity contribution in [1.82, 2.24) is 14.6 Å². The number of aromatic nitrogens is 1. The molecule has 7 nitrogen and oxygen atoms in total. The van der Waals surface area contributed by atoms with E-state index in [9.17, 15) is 13.2 Å². The smallest absolute Gasteiger partial charge is 0.278 e. The summed E-state index contributed by atoms with van der Waals surface area (Å²) in [5.74, 6) is -0.0660. The van der Waals surface area contributed by atoms with E-state index in [1.54, 1.807) is 12.1 Å². The topological polar surface area (TPSA) is 92.5 Å². The molecule has 1 fully saturated rings. The van der Waals surface area contributed by atoms with E-state index in [2.05, 4.69) is 10.3 Å². The van der Waals surface area contributed by atoms with Crippen LogP contribution in [0.15, 0.2) is 46.0 Å². The molecule has 1 aromatic carbocycles. The predicted molar refractivity (Wildman–Crippen MR) is 87.5 cm³/mol. The molecule has 1 unspecified atom stereocenters. The van der Waals surface area contributed by atoms with Crippen molar-refractivity contribution in [2.24, 2.45) is 0 Å². The van der Waals surface area contributed by atoms with Crippen LogP contribution in [0.1, 0.15) is 19.3 Å². The van der Waals surface area contributed by atoms with Gasteiger partial charge in [-0.1, -0.05) is 24.6 Å². The summed E-state index contributed by atoms with van der Waals surface area (Å²) >= 11 is 0. The number of carbonyl (C=O) groups excluding carboxylic acids is 1. The highest BCUT2D eigenvalue weighted by Gasteiger charge is 2.39. The third-order valence-electron chi connectivity index (χ3n) is 4.07. The van der Waals surface area contributed by atoms with Crippen molar-refractivity contribution in [3.63, 3.8) is 0 Å². The van der Waals surface area contributed by atoms with Crippen LogP contribution in [0.5, 0.6) is 0 Å². The van der Waals surface area contributed by atoms with Crippen LogP contribution >= 0.6 is 0 Å². The lowest BCUT2D eigenvalue weighted by Crippen LogP contribution is -2.51. The summed E-state index contributed by atoms with van der Waals surface area (Å²) < 4.78 is 32.4. The molecule has 2 heterocycles. The molecule has 0 spiro atoms. The lowest BCUT2D eigenvalue weighted by molar-refractivity contribution is -0.125. The first-order valence-corrected chi connectivity index (χ1v) is 9.22. The Morgan fingerprint density at radius 3 is 2.75 bits per heavy atom. The molecule has 0 radical (unpaired) electrons. The quantitative estimate of drug-likeness (QED) is 0.906. The van der Waals surface area contributed by atoms with Crippen LogP contribution in [-0.2, 0) is 14.8 Å². The van der Waals surface area contributed by atoms with Gasteiger partial charge in [0.15, 0.2) is 0 Å². The first-order valence-electron chi connectivity index (χ1n) is 7.78. The third-order valence-corrected chi connectivity index (χ3v) is 5.82. The van der Waals surface area contributed by atoms with E-state index in [1.165, 1.54) is 17.5 Å². The molecule has 8 heteroatoms. The number of hydrogen-bond acceptors (Lipinski definition) is 5. The van der Waals surface area contributed by atoms with Crippen molar-refractivity contribution in [2.75, 3.05) is 13.6 Å². The largest absolute Gasteiger partial charge is 0.423 e. The SMILES string of the molecule is CNC(=O)C1CCCCN1S(=O)(=O)c1cnc(-c2ccccc2)o1. The van der Waals surface area contributed by atoms with Gasteiger partial charge in [0.25, 0.3) is 15.1 Å². The Balaban J connectivity index is 1.92. The number of piperidine rings is 1. The van der Waals surface area contributed by atoms with Gasteiger partial charge in [-0.15, -0.1) is 0 Å².